The number of hydrogen-bond donors (Lipinski definition) is 0. The predicted molar refractivity (Wildman–Crippen MR) is 71.4 cm³/mol. The summed E-state index contributed by atoms with van der Waals surface area (Å²) >= 11 is 11.4. The summed E-state index contributed by atoms with van der Waals surface area (Å²) in [5, 5.41) is 0.621. The molecule has 0 atom stereocenters. The van der Waals surface area contributed by atoms with Crippen molar-refractivity contribution >= 4 is 55.9 Å². The first-order valence-corrected chi connectivity index (χ1v) is 8.97. The highest BCUT2D eigenvalue weighted by Gasteiger charge is 2.26. The summed E-state index contributed by atoms with van der Waals surface area (Å²) < 4.78 is 29.1. The van der Waals surface area contributed by atoms with Crippen LogP contribution in [0.4, 0.5) is 4.39 Å². The fraction of sp³-hybridized carbons (Fsp3) is 0.100. The maximum atomic E-state index is 13.0. The molecule has 0 aliphatic rings. The summed E-state index contributed by atoms with van der Waals surface area (Å²) in [6.07, 6.45) is -3.98. The molecule has 0 N–H and O–H groups in total. The lowest BCUT2D eigenvalue weighted by atomic mass is 10.1. The summed E-state index contributed by atoms with van der Waals surface area (Å²) in [4.78, 5) is 11.7. The molecule has 18 heavy (non-hydrogen) atoms. The van der Waals surface area contributed by atoms with Crippen molar-refractivity contribution < 1.29 is 18.3 Å². The van der Waals surface area contributed by atoms with Crippen LogP contribution in [0.3, 0.4) is 0 Å². The van der Waals surface area contributed by atoms with Gasteiger partial charge in [0.05, 0.1) is 0 Å². The Morgan fingerprint density at radius 2 is 2.06 bits per heavy atom. The summed E-state index contributed by atoms with van der Waals surface area (Å²) in [6, 6.07) is 6.94. The Morgan fingerprint density at radius 1 is 1.39 bits per heavy atom. The first-order chi connectivity index (χ1) is 8.42. The standard InChI is InChI=1S/C10H6Cl2FO3PS/c11-17(12,15)16-10(14)9-7(5-13)6-3-1-2-4-8(6)18-9/h1-4H,5H2. The van der Waals surface area contributed by atoms with E-state index in [1.165, 1.54) is 0 Å². The number of carbonyl (C=O) groups excluding carboxylic acids is 1. The van der Waals surface area contributed by atoms with Gasteiger partial charge >= 0.3 is 12.0 Å². The molecule has 3 nitrogen and oxygen atoms in total. The van der Waals surface area contributed by atoms with Crippen LogP contribution >= 0.6 is 39.9 Å². The van der Waals surface area contributed by atoms with E-state index in [1.54, 1.807) is 24.3 Å². The molecule has 0 fully saturated rings. The number of rotatable bonds is 3. The molecule has 0 saturated heterocycles. The highest BCUT2D eigenvalue weighted by molar-refractivity contribution is 8.05. The quantitative estimate of drug-likeness (QED) is 0.736. The molecule has 1 aromatic heterocycles. The van der Waals surface area contributed by atoms with Crippen LogP contribution in [0, 0.1) is 0 Å². The molecule has 1 aromatic carbocycles. The van der Waals surface area contributed by atoms with Gasteiger partial charge in [0.1, 0.15) is 11.6 Å². The summed E-state index contributed by atoms with van der Waals surface area (Å²) in [7, 11) is 0. The minimum Gasteiger partial charge on any atom is -0.385 e. The molecular formula is C10H6Cl2FO3PS. The second-order valence-electron chi connectivity index (χ2n) is 3.33. The van der Waals surface area contributed by atoms with Gasteiger partial charge in [-0.25, -0.2) is 13.8 Å². The lowest BCUT2D eigenvalue weighted by Crippen LogP contribution is -2.00. The van der Waals surface area contributed by atoms with Gasteiger partial charge in [0.15, 0.2) is 0 Å². The summed E-state index contributed by atoms with van der Waals surface area (Å²) in [5.74, 6) is -0.975. The van der Waals surface area contributed by atoms with Gasteiger partial charge in [-0.3, -0.25) is 0 Å². The van der Waals surface area contributed by atoms with E-state index in [9.17, 15) is 13.8 Å². The third-order valence-electron chi connectivity index (χ3n) is 2.21. The SMILES string of the molecule is O=C(OP(=O)(Cl)Cl)c1sc2ccccc2c1CF. The highest BCUT2D eigenvalue weighted by Crippen LogP contribution is 2.58. The number of halogens is 3. The molecule has 1 heterocycles. The Kier molecular flexibility index (Phi) is 3.97. The van der Waals surface area contributed by atoms with Crippen LogP contribution in [0.1, 0.15) is 15.2 Å². The fourth-order valence-corrected chi connectivity index (χ4v) is 3.34. The van der Waals surface area contributed by atoms with E-state index in [2.05, 4.69) is 4.52 Å². The Balaban J connectivity index is 2.50. The highest BCUT2D eigenvalue weighted by atomic mass is 35.9. The zero-order valence-corrected chi connectivity index (χ0v) is 12.0. The van der Waals surface area contributed by atoms with Gasteiger partial charge in [-0.05, 0) is 11.5 Å². The Bertz CT molecular complexity index is 652. The van der Waals surface area contributed by atoms with E-state index >= 15 is 0 Å². The number of carbonyl (C=O) groups is 1. The Hall–Kier alpha value is -0.610. The van der Waals surface area contributed by atoms with Crippen LogP contribution in [0.25, 0.3) is 10.1 Å². The Labute approximate surface area is 115 Å². The third kappa shape index (κ3) is 2.86. The predicted octanol–water partition coefficient (Wildman–Crippen LogP) is 5.11. The average Bonchev–Trinajstić information content (AvgIpc) is 2.65. The van der Waals surface area contributed by atoms with E-state index in [-0.39, 0.29) is 10.4 Å². The maximum absolute atomic E-state index is 13.0. The second-order valence-corrected chi connectivity index (χ2v) is 8.59. The van der Waals surface area contributed by atoms with Gasteiger partial charge in [-0.2, -0.15) is 0 Å². The van der Waals surface area contributed by atoms with Crippen molar-refractivity contribution in [3.63, 3.8) is 0 Å². The van der Waals surface area contributed by atoms with E-state index in [4.69, 9.17) is 22.5 Å². The summed E-state index contributed by atoms with van der Waals surface area (Å²) in [6.45, 7) is -0.830. The van der Waals surface area contributed by atoms with E-state index in [1.807, 2.05) is 0 Å². The van der Waals surface area contributed by atoms with Crippen LogP contribution in [-0.4, -0.2) is 5.97 Å². The molecule has 0 radical (unpaired) electrons. The molecule has 0 unspecified atom stereocenters. The normalized spacial score (nSPS) is 11.7. The minimum absolute atomic E-state index is 0.0280. The van der Waals surface area contributed by atoms with Crippen LogP contribution in [0.2, 0.25) is 0 Å². The van der Waals surface area contributed by atoms with E-state index in [0.29, 0.717) is 5.39 Å². The van der Waals surface area contributed by atoms with Crippen molar-refractivity contribution in [2.45, 2.75) is 6.67 Å². The van der Waals surface area contributed by atoms with Gasteiger partial charge in [-0.1, -0.05) is 18.2 Å². The number of alkyl halides is 1. The van der Waals surface area contributed by atoms with Crippen LogP contribution in [0.5, 0.6) is 0 Å². The number of hydrogen-bond acceptors (Lipinski definition) is 4. The van der Waals surface area contributed by atoms with Gasteiger partial charge in [0.25, 0.3) is 0 Å². The van der Waals surface area contributed by atoms with Gasteiger partial charge in [0.2, 0.25) is 0 Å². The van der Waals surface area contributed by atoms with Crippen molar-refractivity contribution in [2.75, 3.05) is 0 Å². The zero-order chi connectivity index (χ0) is 13.3. The molecule has 8 heteroatoms. The number of thiophene rings is 1. The molecular weight excluding hydrogens is 321 g/mol. The first kappa shape index (κ1) is 13.8. The van der Waals surface area contributed by atoms with Crippen LogP contribution < -0.4 is 0 Å². The molecule has 0 aliphatic carbocycles. The fourth-order valence-electron chi connectivity index (χ4n) is 1.53. The molecule has 2 rings (SSSR count). The number of fused-ring (bicyclic) bond motifs is 1. The largest absolute Gasteiger partial charge is 0.430 e. The smallest absolute Gasteiger partial charge is 0.385 e. The second kappa shape index (κ2) is 5.17. The lowest BCUT2D eigenvalue weighted by molar-refractivity contribution is 0.0754. The minimum atomic E-state index is -3.98. The van der Waals surface area contributed by atoms with Crippen molar-refractivity contribution in [3.05, 3.63) is 34.7 Å². The molecule has 0 saturated carbocycles. The molecule has 0 spiro atoms. The van der Waals surface area contributed by atoms with Gasteiger partial charge < -0.3 is 4.52 Å². The summed E-state index contributed by atoms with van der Waals surface area (Å²) in [5.41, 5.74) is 0.197. The van der Waals surface area contributed by atoms with Crippen molar-refractivity contribution in [3.8, 4) is 0 Å². The molecule has 0 amide bonds. The molecule has 0 bridgehead atoms. The van der Waals surface area contributed by atoms with Gasteiger partial charge in [-0.15, -0.1) is 11.3 Å². The third-order valence-corrected chi connectivity index (χ3v) is 4.19. The van der Waals surface area contributed by atoms with Crippen molar-refractivity contribution in [2.24, 2.45) is 0 Å². The van der Waals surface area contributed by atoms with E-state index < -0.39 is 18.7 Å². The molecule has 2 aromatic rings. The lowest BCUT2D eigenvalue weighted by Gasteiger charge is -2.03. The van der Waals surface area contributed by atoms with Crippen molar-refractivity contribution in [1.29, 1.82) is 0 Å². The number of benzene rings is 1. The van der Waals surface area contributed by atoms with E-state index in [0.717, 1.165) is 16.0 Å². The van der Waals surface area contributed by atoms with Crippen LogP contribution in [-0.2, 0) is 15.8 Å². The maximum Gasteiger partial charge on any atom is 0.430 e. The average molecular weight is 327 g/mol. The molecule has 0 aliphatic heterocycles. The van der Waals surface area contributed by atoms with Crippen molar-refractivity contribution in [1.82, 2.24) is 0 Å². The topological polar surface area (TPSA) is 43.4 Å². The molecule has 96 valence electrons. The van der Waals surface area contributed by atoms with Gasteiger partial charge in [0, 0.05) is 32.7 Å². The zero-order valence-electron chi connectivity index (χ0n) is 8.73. The van der Waals surface area contributed by atoms with Crippen LogP contribution in [0.15, 0.2) is 24.3 Å². The Morgan fingerprint density at radius 3 is 2.67 bits per heavy atom. The monoisotopic (exact) mass is 326 g/mol. The first-order valence-electron chi connectivity index (χ1n) is 4.72.